The molecule has 33 heavy (non-hydrogen) atoms. The molecular formula is C27H26N2O4. The molecule has 0 aliphatic carbocycles. The van der Waals surface area contributed by atoms with Crippen LogP contribution in [0, 0.1) is 0 Å². The van der Waals surface area contributed by atoms with E-state index in [0.717, 1.165) is 11.1 Å². The van der Waals surface area contributed by atoms with Gasteiger partial charge in [-0.05, 0) is 54.8 Å². The fourth-order valence-electron chi connectivity index (χ4n) is 3.75. The van der Waals surface area contributed by atoms with Gasteiger partial charge in [-0.15, -0.1) is 0 Å². The van der Waals surface area contributed by atoms with Crippen LogP contribution in [0.15, 0.2) is 72.8 Å². The van der Waals surface area contributed by atoms with Crippen molar-refractivity contribution in [2.24, 2.45) is 0 Å². The number of ether oxygens (including phenoxy) is 1. The van der Waals surface area contributed by atoms with Crippen molar-refractivity contribution in [3.63, 3.8) is 0 Å². The van der Waals surface area contributed by atoms with Crippen LogP contribution in [-0.4, -0.2) is 28.7 Å². The van der Waals surface area contributed by atoms with Crippen LogP contribution in [0.4, 0.5) is 0 Å². The Morgan fingerprint density at radius 3 is 2.18 bits per heavy atom. The fourth-order valence-corrected chi connectivity index (χ4v) is 3.75. The number of imide groups is 1. The van der Waals surface area contributed by atoms with E-state index in [1.54, 1.807) is 48.5 Å². The van der Waals surface area contributed by atoms with E-state index in [9.17, 15) is 14.4 Å². The van der Waals surface area contributed by atoms with Gasteiger partial charge in [0.1, 0.15) is 0 Å². The first-order chi connectivity index (χ1) is 15.9. The minimum atomic E-state index is -0.313. The molecule has 0 aromatic heterocycles. The zero-order valence-electron chi connectivity index (χ0n) is 18.7. The number of nitrogens with one attached hydrogen (secondary N) is 1. The van der Waals surface area contributed by atoms with Crippen molar-refractivity contribution in [3.05, 3.63) is 106 Å². The summed E-state index contributed by atoms with van der Waals surface area (Å²) in [6, 6.07) is 21.7. The number of carbonyl (C=O) groups is 3. The molecule has 0 fully saturated rings. The lowest BCUT2D eigenvalue weighted by Gasteiger charge is -2.14. The summed E-state index contributed by atoms with van der Waals surface area (Å²) in [6.45, 7) is 5.01. The lowest BCUT2D eigenvalue weighted by molar-refractivity contribution is 0.0640. The second-order valence-corrected chi connectivity index (χ2v) is 8.30. The molecule has 4 rings (SSSR count). The standard InChI is InChI=1S/C27H26N2O4/c1-18(2)33-17-21-9-5-7-19(13-21)15-28-25(30)22-10-6-8-20(14-22)16-29-26(31)23-11-3-4-12-24(23)27(29)32/h3-14,18H,15-17H2,1-2H3,(H,28,30). The fraction of sp³-hybridized carbons (Fsp3) is 0.222. The van der Waals surface area contributed by atoms with Crippen LogP contribution < -0.4 is 5.32 Å². The number of hydrogen-bond donors (Lipinski definition) is 1. The maximum Gasteiger partial charge on any atom is 0.261 e. The molecule has 3 aromatic rings. The molecule has 168 valence electrons. The minimum absolute atomic E-state index is 0.116. The van der Waals surface area contributed by atoms with E-state index in [0.29, 0.717) is 35.4 Å². The summed E-state index contributed by atoms with van der Waals surface area (Å²) in [5, 5.41) is 2.93. The number of nitrogens with zero attached hydrogens (tertiary/aromatic N) is 1. The quantitative estimate of drug-likeness (QED) is 0.527. The van der Waals surface area contributed by atoms with E-state index in [-0.39, 0.29) is 30.4 Å². The van der Waals surface area contributed by atoms with E-state index in [4.69, 9.17) is 4.74 Å². The van der Waals surface area contributed by atoms with Gasteiger partial charge >= 0.3 is 0 Å². The van der Waals surface area contributed by atoms with Gasteiger partial charge < -0.3 is 10.1 Å². The van der Waals surface area contributed by atoms with Gasteiger partial charge in [0.25, 0.3) is 17.7 Å². The normalized spacial score (nSPS) is 12.9. The van der Waals surface area contributed by atoms with E-state index in [2.05, 4.69) is 5.32 Å². The smallest absolute Gasteiger partial charge is 0.261 e. The molecule has 3 amide bonds. The Bertz CT molecular complexity index is 1170. The molecule has 0 spiro atoms. The van der Waals surface area contributed by atoms with Crippen molar-refractivity contribution >= 4 is 17.7 Å². The monoisotopic (exact) mass is 442 g/mol. The highest BCUT2D eigenvalue weighted by Gasteiger charge is 2.34. The molecule has 1 aliphatic heterocycles. The molecule has 0 saturated carbocycles. The third-order valence-electron chi connectivity index (χ3n) is 5.44. The van der Waals surface area contributed by atoms with E-state index < -0.39 is 0 Å². The molecule has 6 nitrogen and oxygen atoms in total. The van der Waals surface area contributed by atoms with Gasteiger partial charge in [0.15, 0.2) is 0 Å². The lowest BCUT2D eigenvalue weighted by atomic mass is 10.1. The zero-order chi connectivity index (χ0) is 23.4. The molecule has 0 bridgehead atoms. The molecule has 1 aliphatic rings. The third kappa shape index (κ3) is 5.18. The number of benzene rings is 3. The second kappa shape index (κ2) is 9.79. The number of amides is 3. The van der Waals surface area contributed by atoms with Crippen molar-refractivity contribution < 1.29 is 19.1 Å². The van der Waals surface area contributed by atoms with Crippen LogP contribution in [0.25, 0.3) is 0 Å². The first-order valence-electron chi connectivity index (χ1n) is 10.9. The molecule has 0 unspecified atom stereocenters. The summed E-state index contributed by atoms with van der Waals surface area (Å²) >= 11 is 0. The van der Waals surface area contributed by atoms with Crippen molar-refractivity contribution in [2.75, 3.05) is 0 Å². The van der Waals surface area contributed by atoms with Crippen LogP contribution in [-0.2, 0) is 24.4 Å². The van der Waals surface area contributed by atoms with Crippen molar-refractivity contribution in [3.8, 4) is 0 Å². The van der Waals surface area contributed by atoms with Gasteiger partial charge in [0.2, 0.25) is 0 Å². The predicted octanol–water partition coefficient (Wildman–Crippen LogP) is 4.34. The highest BCUT2D eigenvalue weighted by atomic mass is 16.5. The summed E-state index contributed by atoms with van der Waals surface area (Å²) in [4.78, 5) is 39.2. The van der Waals surface area contributed by atoms with Crippen LogP contribution in [0.3, 0.4) is 0 Å². The molecule has 0 saturated heterocycles. The van der Waals surface area contributed by atoms with Crippen molar-refractivity contribution in [2.45, 2.75) is 39.6 Å². The Morgan fingerprint density at radius 1 is 0.848 bits per heavy atom. The SMILES string of the molecule is CC(C)OCc1cccc(CNC(=O)c2cccc(CN3C(=O)c4ccccc4C3=O)c2)c1. The van der Waals surface area contributed by atoms with Crippen molar-refractivity contribution in [1.82, 2.24) is 10.2 Å². The first kappa shape index (κ1) is 22.4. The lowest BCUT2D eigenvalue weighted by Crippen LogP contribution is -2.29. The summed E-state index contributed by atoms with van der Waals surface area (Å²) < 4.78 is 5.64. The molecular weight excluding hydrogens is 416 g/mol. The van der Waals surface area contributed by atoms with Gasteiger partial charge in [0.05, 0.1) is 30.4 Å². The van der Waals surface area contributed by atoms with E-state index in [1.165, 1.54) is 4.90 Å². The van der Waals surface area contributed by atoms with Gasteiger partial charge in [-0.25, -0.2) is 0 Å². The first-order valence-corrected chi connectivity index (χ1v) is 10.9. The summed E-state index contributed by atoms with van der Waals surface area (Å²) in [5.74, 6) is -0.846. The zero-order valence-corrected chi connectivity index (χ0v) is 18.7. The average Bonchev–Trinajstić information content (AvgIpc) is 3.07. The minimum Gasteiger partial charge on any atom is -0.374 e. The Hall–Kier alpha value is -3.77. The van der Waals surface area contributed by atoms with Crippen molar-refractivity contribution in [1.29, 1.82) is 0 Å². The van der Waals surface area contributed by atoms with Crippen LogP contribution in [0.1, 0.15) is 61.6 Å². The molecule has 3 aromatic carbocycles. The highest BCUT2D eigenvalue weighted by Crippen LogP contribution is 2.24. The molecule has 1 N–H and O–H groups in total. The van der Waals surface area contributed by atoms with Gasteiger partial charge in [0, 0.05) is 12.1 Å². The molecule has 0 atom stereocenters. The topological polar surface area (TPSA) is 75.7 Å². The molecule has 1 heterocycles. The van der Waals surface area contributed by atoms with Gasteiger partial charge in [-0.2, -0.15) is 0 Å². The van der Waals surface area contributed by atoms with Crippen LogP contribution in [0.2, 0.25) is 0 Å². The maximum atomic E-state index is 12.7. The average molecular weight is 443 g/mol. The maximum absolute atomic E-state index is 12.7. The summed E-state index contributed by atoms with van der Waals surface area (Å²) in [7, 11) is 0. The Morgan fingerprint density at radius 2 is 1.48 bits per heavy atom. The number of rotatable bonds is 8. The number of carbonyl (C=O) groups excluding carboxylic acids is 3. The molecule has 6 heteroatoms. The van der Waals surface area contributed by atoms with E-state index in [1.807, 2.05) is 38.1 Å². The Balaban J connectivity index is 1.39. The highest BCUT2D eigenvalue weighted by molar-refractivity contribution is 6.21. The largest absolute Gasteiger partial charge is 0.374 e. The summed E-state index contributed by atoms with van der Waals surface area (Å²) in [6.07, 6.45) is 0.154. The van der Waals surface area contributed by atoms with E-state index >= 15 is 0 Å². The van der Waals surface area contributed by atoms with Crippen LogP contribution >= 0.6 is 0 Å². The van der Waals surface area contributed by atoms with Crippen LogP contribution in [0.5, 0.6) is 0 Å². The Labute approximate surface area is 193 Å². The van der Waals surface area contributed by atoms with Gasteiger partial charge in [-0.3, -0.25) is 19.3 Å². The predicted molar refractivity (Wildman–Crippen MR) is 125 cm³/mol. The summed E-state index contributed by atoms with van der Waals surface area (Å²) in [5.41, 5.74) is 4.05. The number of hydrogen-bond acceptors (Lipinski definition) is 4. The second-order valence-electron chi connectivity index (χ2n) is 8.30. The Kier molecular flexibility index (Phi) is 6.66. The molecule has 0 radical (unpaired) electrons. The third-order valence-corrected chi connectivity index (χ3v) is 5.44. The van der Waals surface area contributed by atoms with Gasteiger partial charge in [-0.1, -0.05) is 48.5 Å². The number of fused-ring (bicyclic) bond motifs is 1.